The van der Waals surface area contributed by atoms with Gasteiger partial charge in [-0.2, -0.15) is 0 Å². The zero-order valence-corrected chi connectivity index (χ0v) is 15.5. The van der Waals surface area contributed by atoms with Gasteiger partial charge < -0.3 is 5.32 Å². The second-order valence-electron chi connectivity index (χ2n) is 6.91. The fourth-order valence-corrected chi connectivity index (χ4v) is 8.66. The number of hydrogen-bond acceptors (Lipinski definition) is 3. The SMILES string of the molecule is O=C(Nc1ccc(Cl)cc1)C1C[C@H]2CCC[C@@H](C1)C21SCCS1. The van der Waals surface area contributed by atoms with E-state index in [4.69, 9.17) is 11.6 Å². The normalized spacial score (nSPS) is 32.0. The minimum Gasteiger partial charge on any atom is -0.326 e. The molecule has 0 aromatic heterocycles. The van der Waals surface area contributed by atoms with E-state index in [1.807, 2.05) is 24.3 Å². The lowest BCUT2D eigenvalue weighted by atomic mass is 9.67. The van der Waals surface area contributed by atoms with E-state index in [0.717, 1.165) is 18.5 Å². The summed E-state index contributed by atoms with van der Waals surface area (Å²) in [5.74, 6) is 4.39. The number of halogens is 1. The molecule has 2 bridgehead atoms. The van der Waals surface area contributed by atoms with Crippen molar-refractivity contribution in [2.45, 2.75) is 36.2 Å². The fourth-order valence-electron chi connectivity index (χ4n) is 4.60. The first-order chi connectivity index (χ1) is 11.2. The van der Waals surface area contributed by atoms with Crippen LogP contribution in [0.25, 0.3) is 0 Å². The molecule has 3 aliphatic rings. The fraction of sp³-hybridized carbons (Fsp3) is 0.611. The Morgan fingerprint density at radius 1 is 1.09 bits per heavy atom. The van der Waals surface area contributed by atoms with Gasteiger partial charge in [0.2, 0.25) is 5.91 Å². The number of anilines is 1. The predicted octanol–water partition coefficient (Wildman–Crippen LogP) is 5.28. The van der Waals surface area contributed by atoms with Crippen LogP contribution in [-0.2, 0) is 4.79 Å². The number of carbonyl (C=O) groups is 1. The Bertz CT molecular complexity index is 569. The maximum Gasteiger partial charge on any atom is 0.227 e. The molecule has 1 spiro atoms. The first kappa shape index (κ1) is 16.2. The molecule has 3 fully saturated rings. The number of amides is 1. The molecule has 0 radical (unpaired) electrons. The number of benzene rings is 1. The van der Waals surface area contributed by atoms with Gasteiger partial charge in [-0.05, 0) is 61.8 Å². The highest BCUT2D eigenvalue weighted by Crippen LogP contribution is 2.64. The van der Waals surface area contributed by atoms with Crippen LogP contribution in [0.3, 0.4) is 0 Å². The molecule has 1 N–H and O–H groups in total. The van der Waals surface area contributed by atoms with E-state index in [0.29, 0.717) is 20.9 Å². The summed E-state index contributed by atoms with van der Waals surface area (Å²) in [4.78, 5) is 12.7. The third-order valence-electron chi connectivity index (χ3n) is 5.60. The van der Waals surface area contributed by atoms with Crippen molar-refractivity contribution in [3.8, 4) is 0 Å². The molecule has 2 aliphatic carbocycles. The molecular formula is C18H22ClNOS2. The predicted molar refractivity (Wildman–Crippen MR) is 101 cm³/mol. The maximum absolute atomic E-state index is 12.7. The lowest BCUT2D eigenvalue weighted by Crippen LogP contribution is -2.48. The van der Waals surface area contributed by atoms with Crippen molar-refractivity contribution < 1.29 is 4.79 Å². The molecule has 1 heterocycles. The largest absolute Gasteiger partial charge is 0.326 e. The standard InChI is InChI=1S/C18H22ClNOS2/c19-15-4-6-16(7-5-15)20-17(21)12-10-13-2-1-3-14(11-12)18(13)22-8-9-23-18/h4-7,12-14H,1-3,8-11H2,(H,20,21)/t12?,13-,14+. The Morgan fingerprint density at radius 2 is 1.70 bits per heavy atom. The molecular weight excluding hydrogens is 346 g/mol. The van der Waals surface area contributed by atoms with Gasteiger partial charge in [0.05, 0.1) is 4.08 Å². The zero-order chi connectivity index (χ0) is 15.9. The van der Waals surface area contributed by atoms with Gasteiger partial charge in [0.1, 0.15) is 0 Å². The van der Waals surface area contributed by atoms with Crippen LogP contribution in [0.5, 0.6) is 0 Å². The Morgan fingerprint density at radius 3 is 2.30 bits per heavy atom. The molecule has 3 atom stereocenters. The lowest BCUT2D eigenvalue weighted by Gasteiger charge is -2.52. The Balaban J connectivity index is 1.46. The van der Waals surface area contributed by atoms with Gasteiger partial charge in [0, 0.05) is 28.1 Å². The summed E-state index contributed by atoms with van der Waals surface area (Å²) in [6.45, 7) is 0. The summed E-state index contributed by atoms with van der Waals surface area (Å²) < 4.78 is 0.440. The van der Waals surface area contributed by atoms with E-state index in [1.165, 1.54) is 30.8 Å². The van der Waals surface area contributed by atoms with E-state index in [-0.39, 0.29) is 11.8 Å². The second kappa shape index (κ2) is 6.53. The van der Waals surface area contributed by atoms with Gasteiger partial charge in [0.15, 0.2) is 0 Å². The average Bonchev–Trinajstić information content (AvgIpc) is 2.99. The highest BCUT2D eigenvalue weighted by molar-refractivity contribution is 8.21. The summed E-state index contributed by atoms with van der Waals surface area (Å²) in [5.41, 5.74) is 0.856. The first-order valence-corrected chi connectivity index (χ1v) is 10.9. The third-order valence-corrected chi connectivity index (χ3v) is 9.87. The monoisotopic (exact) mass is 367 g/mol. The Hall–Kier alpha value is -0.320. The molecule has 4 rings (SSSR count). The molecule has 1 amide bonds. The van der Waals surface area contributed by atoms with Crippen molar-refractivity contribution in [1.29, 1.82) is 0 Å². The van der Waals surface area contributed by atoms with Crippen LogP contribution >= 0.6 is 35.1 Å². The summed E-state index contributed by atoms with van der Waals surface area (Å²) in [7, 11) is 0. The quantitative estimate of drug-likeness (QED) is 0.770. The molecule has 124 valence electrons. The summed E-state index contributed by atoms with van der Waals surface area (Å²) >= 11 is 10.3. The second-order valence-corrected chi connectivity index (χ2v) is 10.3. The van der Waals surface area contributed by atoms with E-state index >= 15 is 0 Å². The molecule has 1 aromatic carbocycles. The van der Waals surface area contributed by atoms with Crippen LogP contribution < -0.4 is 5.32 Å². The molecule has 1 aromatic rings. The third kappa shape index (κ3) is 3.03. The van der Waals surface area contributed by atoms with E-state index < -0.39 is 0 Å². The van der Waals surface area contributed by atoms with Crippen LogP contribution in [0.1, 0.15) is 32.1 Å². The summed E-state index contributed by atoms with van der Waals surface area (Å²) in [6.07, 6.45) is 6.10. The maximum atomic E-state index is 12.7. The van der Waals surface area contributed by atoms with Crippen molar-refractivity contribution in [2.24, 2.45) is 17.8 Å². The van der Waals surface area contributed by atoms with Gasteiger partial charge in [0.25, 0.3) is 0 Å². The molecule has 23 heavy (non-hydrogen) atoms. The van der Waals surface area contributed by atoms with Crippen molar-refractivity contribution in [2.75, 3.05) is 16.8 Å². The first-order valence-electron chi connectivity index (χ1n) is 8.52. The van der Waals surface area contributed by atoms with Crippen LogP contribution in [-0.4, -0.2) is 21.5 Å². The highest BCUT2D eigenvalue weighted by Gasteiger charge is 2.55. The highest BCUT2D eigenvalue weighted by atomic mass is 35.5. The number of carbonyl (C=O) groups excluding carboxylic acids is 1. The van der Waals surface area contributed by atoms with Crippen molar-refractivity contribution in [3.05, 3.63) is 29.3 Å². The average molecular weight is 368 g/mol. The summed E-state index contributed by atoms with van der Waals surface area (Å²) in [6, 6.07) is 7.42. The van der Waals surface area contributed by atoms with Crippen LogP contribution in [0.4, 0.5) is 5.69 Å². The van der Waals surface area contributed by atoms with E-state index in [9.17, 15) is 4.79 Å². The molecule has 5 heteroatoms. The van der Waals surface area contributed by atoms with Gasteiger partial charge >= 0.3 is 0 Å². The smallest absolute Gasteiger partial charge is 0.227 e. The van der Waals surface area contributed by atoms with Crippen molar-refractivity contribution >= 4 is 46.7 Å². The van der Waals surface area contributed by atoms with Crippen LogP contribution in [0, 0.1) is 17.8 Å². The van der Waals surface area contributed by atoms with E-state index in [1.54, 1.807) is 0 Å². The zero-order valence-electron chi connectivity index (χ0n) is 13.1. The number of thioether (sulfide) groups is 2. The Kier molecular flexibility index (Phi) is 4.59. The van der Waals surface area contributed by atoms with Gasteiger partial charge in [-0.15, -0.1) is 23.5 Å². The molecule has 2 saturated carbocycles. The van der Waals surface area contributed by atoms with Gasteiger partial charge in [-0.25, -0.2) is 0 Å². The van der Waals surface area contributed by atoms with Gasteiger partial charge in [-0.1, -0.05) is 18.0 Å². The minimum atomic E-state index is 0.174. The van der Waals surface area contributed by atoms with Crippen LogP contribution in [0.15, 0.2) is 24.3 Å². The van der Waals surface area contributed by atoms with E-state index in [2.05, 4.69) is 28.8 Å². The lowest BCUT2D eigenvalue weighted by molar-refractivity contribution is -0.122. The molecule has 1 aliphatic heterocycles. The van der Waals surface area contributed by atoms with Crippen molar-refractivity contribution in [3.63, 3.8) is 0 Å². The molecule has 1 saturated heterocycles. The molecule has 2 nitrogen and oxygen atoms in total. The number of rotatable bonds is 2. The summed E-state index contributed by atoms with van der Waals surface area (Å²) in [5, 5.41) is 3.80. The van der Waals surface area contributed by atoms with Crippen LogP contribution in [0.2, 0.25) is 5.02 Å². The Labute approximate surface area is 151 Å². The number of nitrogens with one attached hydrogen (secondary N) is 1. The number of hydrogen-bond donors (Lipinski definition) is 1. The van der Waals surface area contributed by atoms with Gasteiger partial charge in [-0.3, -0.25) is 4.79 Å². The topological polar surface area (TPSA) is 29.1 Å². The van der Waals surface area contributed by atoms with Crippen molar-refractivity contribution in [1.82, 2.24) is 0 Å². The minimum absolute atomic E-state index is 0.174. The molecule has 1 unspecified atom stereocenters.